The molecular formula is C19H23NO7S. The van der Waals surface area contributed by atoms with Gasteiger partial charge in [0.15, 0.2) is 21.3 Å². The van der Waals surface area contributed by atoms with Crippen LogP contribution in [0.2, 0.25) is 0 Å². The second-order valence-corrected chi connectivity index (χ2v) is 7.95. The minimum Gasteiger partial charge on any atom is -0.504 e. The monoisotopic (exact) mass is 409 g/mol. The largest absolute Gasteiger partial charge is 0.504 e. The molecule has 2 N–H and O–H groups in total. The van der Waals surface area contributed by atoms with E-state index in [4.69, 9.17) is 14.2 Å². The van der Waals surface area contributed by atoms with E-state index >= 15 is 0 Å². The first-order valence-electron chi connectivity index (χ1n) is 8.37. The molecule has 0 amide bonds. The maximum Gasteiger partial charge on any atom is 0.327 e. The maximum atomic E-state index is 12.5. The molecule has 2 rings (SSSR count). The van der Waals surface area contributed by atoms with Gasteiger partial charge in [-0.1, -0.05) is 12.1 Å². The van der Waals surface area contributed by atoms with Gasteiger partial charge >= 0.3 is 5.97 Å². The third kappa shape index (κ3) is 5.14. The Morgan fingerprint density at radius 3 is 2.46 bits per heavy atom. The van der Waals surface area contributed by atoms with Crippen molar-refractivity contribution in [2.75, 3.05) is 33.6 Å². The second-order valence-electron chi connectivity index (χ2n) is 5.84. The Labute approximate surface area is 164 Å². The van der Waals surface area contributed by atoms with E-state index in [2.05, 4.69) is 5.32 Å². The van der Waals surface area contributed by atoms with E-state index in [1.807, 2.05) is 0 Å². The maximum absolute atomic E-state index is 12.5. The van der Waals surface area contributed by atoms with Gasteiger partial charge in [0.25, 0.3) is 0 Å². The zero-order valence-corrected chi connectivity index (χ0v) is 16.7. The van der Waals surface area contributed by atoms with Crippen molar-refractivity contribution < 1.29 is 32.5 Å². The van der Waals surface area contributed by atoms with E-state index in [1.165, 1.54) is 45.6 Å². The van der Waals surface area contributed by atoms with Crippen LogP contribution in [0, 0.1) is 0 Å². The highest BCUT2D eigenvalue weighted by Crippen LogP contribution is 2.29. The van der Waals surface area contributed by atoms with Crippen LogP contribution in [-0.4, -0.2) is 53.1 Å². The van der Waals surface area contributed by atoms with Crippen molar-refractivity contribution in [3.63, 3.8) is 0 Å². The zero-order chi connectivity index (χ0) is 20.7. The summed E-state index contributed by atoms with van der Waals surface area (Å²) in [5.41, 5.74) is 0.420. The van der Waals surface area contributed by atoms with Crippen LogP contribution < -0.4 is 14.8 Å². The molecule has 2 aromatic rings. The number of esters is 1. The molecule has 0 fully saturated rings. The van der Waals surface area contributed by atoms with Gasteiger partial charge < -0.3 is 19.3 Å². The number of benzene rings is 2. The Balaban J connectivity index is 2.13. The number of carbonyl (C=O) groups is 1. The molecule has 9 heteroatoms. The Kier molecular flexibility index (Phi) is 7.24. The molecule has 152 valence electrons. The normalized spacial score (nSPS) is 12.2. The van der Waals surface area contributed by atoms with Crippen LogP contribution in [0.25, 0.3) is 0 Å². The number of hydrogen-bond donors (Lipinski definition) is 2. The minimum absolute atomic E-state index is 0.00784. The van der Waals surface area contributed by atoms with Crippen LogP contribution in [0.1, 0.15) is 11.6 Å². The standard InChI is InChI=1S/C19H23NO7S/c1-25-14-5-4-6-15(12-14)28(23,24)10-9-20-18(19(22)27-3)13-7-8-17(26-2)16(21)11-13/h4-8,11-12,18,20-21H,9-10H2,1-3H3/t18-/m1/s1. The van der Waals surface area contributed by atoms with E-state index in [1.54, 1.807) is 18.2 Å². The van der Waals surface area contributed by atoms with Crippen LogP contribution in [0.3, 0.4) is 0 Å². The molecule has 0 unspecified atom stereocenters. The van der Waals surface area contributed by atoms with Crippen LogP contribution in [0.4, 0.5) is 0 Å². The van der Waals surface area contributed by atoms with Crippen molar-refractivity contribution in [2.24, 2.45) is 0 Å². The third-order valence-corrected chi connectivity index (χ3v) is 5.81. The SMILES string of the molecule is COC(=O)[C@H](NCCS(=O)(=O)c1cccc(OC)c1)c1ccc(OC)c(O)c1. The number of phenolic OH excluding ortho intramolecular Hbond substituents is 1. The molecule has 0 bridgehead atoms. The van der Waals surface area contributed by atoms with Crippen LogP contribution in [-0.2, 0) is 19.4 Å². The molecule has 0 saturated carbocycles. The molecule has 0 saturated heterocycles. The summed E-state index contributed by atoms with van der Waals surface area (Å²) in [6.45, 7) is -0.00784. The van der Waals surface area contributed by atoms with Crippen molar-refractivity contribution in [1.82, 2.24) is 5.32 Å². The van der Waals surface area contributed by atoms with Gasteiger partial charge in [0.05, 0.1) is 32.0 Å². The fraction of sp³-hybridized carbons (Fsp3) is 0.316. The summed E-state index contributed by atoms with van der Waals surface area (Å²) >= 11 is 0. The topological polar surface area (TPSA) is 111 Å². The number of phenols is 1. The molecule has 0 spiro atoms. The smallest absolute Gasteiger partial charge is 0.327 e. The molecule has 0 radical (unpaired) electrons. The molecule has 2 aromatic carbocycles. The highest BCUT2D eigenvalue weighted by Gasteiger charge is 2.23. The van der Waals surface area contributed by atoms with E-state index in [0.717, 1.165) is 0 Å². The van der Waals surface area contributed by atoms with E-state index in [0.29, 0.717) is 11.3 Å². The number of rotatable bonds is 9. The van der Waals surface area contributed by atoms with Gasteiger partial charge in [0, 0.05) is 6.54 Å². The molecule has 0 aliphatic carbocycles. The highest BCUT2D eigenvalue weighted by atomic mass is 32.2. The summed E-state index contributed by atoms with van der Waals surface area (Å²) in [7, 11) is 0.511. The van der Waals surface area contributed by atoms with Crippen molar-refractivity contribution in [3.05, 3.63) is 48.0 Å². The van der Waals surface area contributed by atoms with Crippen molar-refractivity contribution in [2.45, 2.75) is 10.9 Å². The summed E-state index contributed by atoms with van der Waals surface area (Å²) in [5, 5.41) is 12.8. The van der Waals surface area contributed by atoms with Crippen LogP contribution in [0.5, 0.6) is 17.2 Å². The average molecular weight is 409 g/mol. The summed E-state index contributed by atoms with van der Waals surface area (Å²) < 4.78 is 39.9. The van der Waals surface area contributed by atoms with Crippen LogP contribution >= 0.6 is 0 Å². The van der Waals surface area contributed by atoms with Gasteiger partial charge in [0.1, 0.15) is 11.8 Å². The summed E-state index contributed by atoms with van der Waals surface area (Å²) in [5.74, 6) is -0.290. The molecule has 8 nitrogen and oxygen atoms in total. The number of aromatic hydroxyl groups is 1. The lowest BCUT2D eigenvalue weighted by Gasteiger charge is -2.18. The van der Waals surface area contributed by atoms with E-state index in [-0.39, 0.29) is 28.7 Å². The third-order valence-electron chi connectivity index (χ3n) is 4.09. The Hall–Kier alpha value is -2.78. The summed E-state index contributed by atoms with van der Waals surface area (Å²) in [6, 6.07) is 9.69. The lowest BCUT2D eigenvalue weighted by atomic mass is 10.1. The molecular weight excluding hydrogens is 386 g/mol. The van der Waals surface area contributed by atoms with Gasteiger partial charge in [-0.05, 0) is 35.9 Å². The molecule has 0 aliphatic heterocycles. The molecule has 0 aromatic heterocycles. The number of ether oxygens (including phenoxy) is 3. The Bertz CT molecular complexity index is 928. The molecule has 28 heavy (non-hydrogen) atoms. The predicted molar refractivity (Wildman–Crippen MR) is 102 cm³/mol. The van der Waals surface area contributed by atoms with Gasteiger partial charge in [-0.15, -0.1) is 0 Å². The van der Waals surface area contributed by atoms with Gasteiger partial charge in [-0.25, -0.2) is 13.2 Å². The average Bonchev–Trinajstić information content (AvgIpc) is 2.70. The van der Waals surface area contributed by atoms with Gasteiger partial charge in [-0.3, -0.25) is 5.32 Å². The quantitative estimate of drug-likeness (QED) is 0.602. The number of sulfone groups is 1. The first-order valence-corrected chi connectivity index (χ1v) is 10.0. The van der Waals surface area contributed by atoms with Gasteiger partial charge in [-0.2, -0.15) is 0 Å². The fourth-order valence-corrected chi connectivity index (χ4v) is 3.80. The predicted octanol–water partition coefficient (Wildman–Crippen LogP) is 1.69. The first-order chi connectivity index (χ1) is 13.3. The fourth-order valence-electron chi connectivity index (χ4n) is 2.59. The van der Waals surface area contributed by atoms with Crippen LogP contribution in [0.15, 0.2) is 47.4 Å². The number of carbonyl (C=O) groups excluding carboxylic acids is 1. The van der Waals surface area contributed by atoms with E-state index < -0.39 is 21.8 Å². The van der Waals surface area contributed by atoms with Gasteiger partial charge in [0.2, 0.25) is 0 Å². The Morgan fingerprint density at radius 2 is 1.86 bits per heavy atom. The van der Waals surface area contributed by atoms with Crippen molar-refractivity contribution in [1.29, 1.82) is 0 Å². The highest BCUT2D eigenvalue weighted by molar-refractivity contribution is 7.91. The number of methoxy groups -OCH3 is 3. The number of hydrogen-bond acceptors (Lipinski definition) is 8. The van der Waals surface area contributed by atoms with Crippen molar-refractivity contribution >= 4 is 15.8 Å². The lowest BCUT2D eigenvalue weighted by molar-refractivity contribution is -0.143. The Morgan fingerprint density at radius 1 is 1.11 bits per heavy atom. The van der Waals surface area contributed by atoms with Crippen molar-refractivity contribution in [3.8, 4) is 17.2 Å². The minimum atomic E-state index is -3.59. The number of nitrogens with one attached hydrogen (secondary N) is 1. The summed E-state index contributed by atoms with van der Waals surface area (Å²) in [4.78, 5) is 12.3. The van der Waals surface area contributed by atoms with E-state index in [9.17, 15) is 18.3 Å². The zero-order valence-electron chi connectivity index (χ0n) is 15.8. The lowest BCUT2D eigenvalue weighted by Crippen LogP contribution is -2.33. The summed E-state index contributed by atoms with van der Waals surface area (Å²) in [6.07, 6.45) is 0. The molecule has 1 atom stereocenters. The molecule has 0 heterocycles. The first kappa shape index (κ1) is 21.5. The second kappa shape index (κ2) is 9.43. The molecule has 0 aliphatic rings.